The maximum absolute atomic E-state index is 11.7. The standard InChI is InChI=1S/C13H18BrNO2/c1-13(2,3)4-5-17-12(16)9-6-10(14)8-11(15)7-9/h6-8H,4-5,15H2,1-3H3. The number of benzene rings is 1. The van der Waals surface area contributed by atoms with Gasteiger partial charge in [0.2, 0.25) is 0 Å². The molecule has 0 spiro atoms. The first-order valence-electron chi connectivity index (χ1n) is 5.51. The molecule has 4 heteroatoms. The molecule has 0 heterocycles. The predicted molar refractivity (Wildman–Crippen MR) is 72.9 cm³/mol. The van der Waals surface area contributed by atoms with Crippen LogP contribution in [-0.4, -0.2) is 12.6 Å². The average molecular weight is 300 g/mol. The summed E-state index contributed by atoms with van der Waals surface area (Å²) in [5.74, 6) is -0.331. The minimum Gasteiger partial charge on any atom is -0.462 e. The number of nitrogen functional groups attached to an aromatic ring is 1. The number of esters is 1. The van der Waals surface area contributed by atoms with Crippen molar-refractivity contribution in [1.29, 1.82) is 0 Å². The van der Waals surface area contributed by atoms with Crippen molar-refractivity contribution < 1.29 is 9.53 Å². The van der Waals surface area contributed by atoms with Crippen LogP contribution in [0.2, 0.25) is 0 Å². The molecule has 1 aromatic rings. The van der Waals surface area contributed by atoms with E-state index in [0.29, 0.717) is 17.9 Å². The van der Waals surface area contributed by atoms with E-state index in [9.17, 15) is 4.79 Å². The summed E-state index contributed by atoms with van der Waals surface area (Å²) < 4.78 is 5.98. The van der Waals surface area contributed by atoms with E-state index in [1.54, 1.807) is 18.2 Å². The first-order valence-corrected chi connectivity index (χ1v) is 6.30. The average Bonchev–Trinajstić information content (AvgIpc) is 2.13. The summed E-state index contributed by atoms with van der Waals surface area (Å²) in [6.07, 6.45) is 0.836. The molecule has 0 bridgehead atoms. The van der Waals surface area contributed by atoms with Gasteiger partial charge in [0, 0.05) is 10.2 Å². The zero-order chi connectivity index (χ0) is 13.1. The summed E-state index contributed by atoms with van der Waals surface area (Å²) in [5.41, 5.74) is 6.84. The Balaban J connectivity index is 2.58. The van der Waals surface area contributed by atoms with Gasteiger partial charge in [-0.2, -0.15) is 0 Å². The van der Waals surface area contributed by atoms with E-state index in [4.69, 9.17) is 10.5 Å². The summed E-state index contributed by atoms with van der Waals surface area (Å²) >= 11 is 3.29. The highest BCUT2D eigenvalue weighted by Gasteiger charge is 2.13. The monoisotopic (exact) mass is 299 g/mol. The van der Waals surface area contributed by atoms with Crippen LogP contribution in [0.5, 0.6) is 0 Å². The van der Waals surface area contributed by atoms with Crippen LogP contribution in [0.4, 0.5) is 5.69 Å². The van der Waals surface area contributed by atoms with E-state index >= 15 is 0 Å². The first kappa shape index (κ1) is 14.0. The zero-order valence-electron chi connectivity index (χ0n) is 10.4. The lowest BCUT2D eigenvalue weighted by Crippen LogP contribution is -2.13. The lowest BCUT2D eigenvalue weighted by Gasteiger charge is -2.17. The van der Waals surface area contributed by atoms with E-state index in [1.165, 1.54) is 0 Å². The van der Waals surface area contributed by atoms with Gasteiger partial charge in [-0.25, -0.2) is 4.79 Å². The smallest absolute Gasteiger partial charge is 0.338 e. The predicted octanol–water partition coefficient (Wildman–Crippen LogP) is 3.62. The summed E-state index contributed by atoms with van der Waals surface area (Å²) in [4.78, 5) is 11.7. The summed E-state index contributed by atoms with van der Waals surface area (Å²) in [5, 5.41) is 0. The van der Waals surface area contributed by atoms with Crippen molar-refractivity contribution in [3.63, 3.8) is 0 Å². The third kappa shape index (κ3) is 5.22. The molecule has 0 fully saturated rings. The van der Waals surface area contributed by atoms with E-state index in [0.717, 1.165) is 10.9 Å². The summed E-state index contributed by atoms with van der Waals surface area (Å²) in [6, 6.07) is 5.06. The van der Waals surface area contributed by atoms with Crippen LogP contribution < -0.4 is 5.73 Å². The fraction of sp³-hybridized carbons (Fsp3) is 0.462. The van der Waals surface area contributed by atoms with Gasteiger partial charge < -0.3 is 10.5 Å². The van der Waals surface area contributed by atoms with Gasteiger partial charge in [-0.3, -0.25) is 0 Å². The van der Waals surface area contributed by atoms with Crippen molar-refractivity contribution in [3.05, 3.63) is 28.2 Å². The number of carbonyl (C=O) groups is 1. The molecular weight excluding hydrogens is 282 g/mol. The van der Waals surface area contributed by atoms with Gasteiger partial charge >= 0.3 is 5.97 Å². The number of ether oxygens (including phenoxy) is 1. The highest BCUT2D eigenvalue weighted by molar-refractivity contribution is 9.10. The fourth-order valence-electron chi connectivity index (χ4n) is 1.26. The number of carbonyl (C=O) groups excluding carboxylic acids is 1. The van der Waals surface area contributed by atoms with Crippen LogP contribution >= 0.6 is 15.9 Å². The largest absolute Gasteiger partial charge is 0.462 e. The maximum Gasteiger partial charge on any atom is 0.338 e. The summed E-state index contributed by atoms with van der Waals surface area (Å²) in [6.45, 7) is 6.75. The second-order valence-corrected chi connectivity index (χ2v) is 6.14. The molecule has 1 aromatic carbocycles. The second kappa shape index (κ2) is 5.54. The van der Waals surface area contributed by atoms with Crippen LogP contribution in [0.25, 0.3) is 0 Å². The molecule has 17 heavy (non-hydrogen) atoms. The van der Waals surface area contributed by atoms with Crippen LogP contribution in [0, 0.1) is 5.41 Å². The molecule has 0 unspecified atom stereocenters. The van der Waals surface area contributed by atoms with Crippen molar-refractivity contribution in [2.24, 2.45) is 5.41 Å². The normalized spacial score (nSPS) is 11.3. The molecule has 0 radical (unpaired) electrons. The quantitative estimate of drug-likeness (QED) is 0.685. The SMILES string of the molecule is CC(C)(C)CCOC(=O)c1cc(N)cc(Br)c1. The van der Waals surface area contributed by atoms with E-state index in [-0.39, 0.29) is 11.4 Å². The van der Waals surface area contributed by atoms with E-state index < -0.39 is 0 Å². The zero-order valence-corrected chi connectivity index (χ0v) is 12.0. The first-order chi connectivity index (χ1) is 7.78. The molecule has 0 aliphatic heterocycles. The topological polar surface area (TPSA) is 52.3 Å². The molecule has 0 atom stereocenters. The molecule has 0 saturated heterocycles. The fourth-order valence-corrected chi connectivity index (χ4v) is 1.77. The molecule has 3 nitrogen and oxygen atoms in total. The van der Waals surface area contributed by atoms with Gasteiger partial charge in [-0.1, -0.05) is 36.7 Å². The molecule has 2 N–H and O–H groups in total. The van der Waals surface area contributed by atoms with Gasteiger partial charge in [0.05, 0.1) is 12.2 Å². The van der Waals surface area contributed by atoms with E-state index in [1.807, 2.05) is 0 Å². The molecule has 0 aromatic heterocycles. The lowest BCUT2D eigenvalue weighted by atomic mass is 9.93. The Morgan fingerprint density at radius 1 is 1.35 bits per heavy atom. The number of nitrogens with two attached hydrogens (primary N) is 1. The molecule has 0 amide bonds. The van der Waals surface area contributed by atoms with Crippen molar-refractivity contribution in [2.75, 3.05) is 12.3 Å². The van der Waals surface area contributed by atoms with Gasteiger partial charge in [0.25, 0.3) is 0 Å². The Bertz CT molecular complexity index is 390. The van der Waals surface area contributed by atoms with Crippen molar-refractivity contribution in [2.45, 2.75) is 27.2 Å². The molecular formula is C13H18BrNO2. The van der Waals surface area contributed by atoms with Crippen LogP contribution in [0.3, 0.4) is 0 Å². The molecule has 0 saturated carbocycles. The number of rotatable bonds is 3. The Morgan fingerprint density at radius 2 is 2.00 bits per heavy atom. The lowest BCUT2D eigenvalue weighted by molar-refractivity contribution is 0.0465. The van der Waals surface area contributed by atoms with Crippen LogP contribution in [0.1, 0.15) is 37.6 Å². The second-order valence-electron chi connectivity index (χ2n) is 5.22. The number of halogens is 1. The number of hydrogen-bond donors (Lipinski definition) is 1. The van der Waals surface area contributed by atoms with Crippen LogP contribution in [-0.2, 0) is 4.74 Å². The number of anilines is 1. The number of hydrogen-bond acceptors (Lipinski definition) is 3. The minimum atomic E-state index is -0.331. The third-order valence-corrected chi connectivity index (χ3v) is 2.70. The molecule has 1 rings (SSSR count). The Morgan fingerprint density at radius 3 is 2.53 bits per heavy atom. The Kier molecular flexibility index (Phi) is 4.57. The summed E-state index contributed by atoms with van der Waals surface area (Å²) in [7, 11) is 0. The third-order valence-electron chi connectivity index (χ3n) is 2.24. The van der Waals surface area contributed by atoms with Crippen molar-refractivity contribution in [3.8, 4) is 0 Å². The van der Waals surface area contributed by atoms with Crippen LogP contribution in [0.15, 0.2) is 22.7 Å². The highest BCUT2D eigenvalue weighted by atomic mass is 79.9. The van der Waals surface area contributed by atoms with E-state index in [2.05, 4.69) is 36.7 Å². The molecule has 0 aliphatic carbocycles. The maximum atomic E-state index is 11.7. The van der Waals surface area contributed by atoms with Gasteiger partial charge in [-0.05, 0) is 30.0 Å². The van der Waals surface area contributed by atoms with Gasteiger partial charge in [-0.15, -0.1) is 0 Å². The Labute approximate surface area is 110 Å². The highest BCUT2D eigenvalue weighted by Crippen LogP contribution is 2.20. The molecule has 94 valence electrons. The van der Waals surface area contributed by atoms with Crippen molar-refractivity contribution in [1.82, 2.24) is 0 Å². The minimum absolute atomic E-state index is 0.163. The Hall–Kier alpha value is -1.03. The van der Waals surface area contributed by atoms with Gasteiger partial charge in [0.1, 0.15) is 0 Å². The molecule has 0 aliphatic rings. The van der Waals surface area contributed by atoms with Gasteiger partial charge in [0.15, 0.2) is 0 Å². The van der Waals surface area contributed by atoms with Crippen molar-refractivity contribution >= 4 is 27.6 Å².